The first kappa shape index (κ1) is 9.24. The van der Waals surface area contributed by atoms with Crippen LogP contribution in [-0.2, 0) is 0 Å². The molecule has 0 aromatic carbocycles. The van der Waals surface area contributed by atoms with Crippen molar-refractivity contribution >= 4 is 0 Å². The minimum Gasteiger partial charge on any atom is -0.207 e. The molecule has 0 spiro atoms. The number of allylic oxidation sites excluding steroid dienone is 5. The molecule has 0 nitrogen and oxygen atoms in total. The maximum absolute atomic E-state index is 13.1. The van der Waals surface area contributed by atoms with E-state index in [1.54, 1.807) is 6.08 Å². The van der Waals surface area contributed by atoms with Crippen molar-refractivity contribution in [2.24, 2.45) is 5.92 Å². The predicted molar refractivity (Wildman–Crippen MR) is 50.5 cm³/mol. The van der Waals surface area contributed by atoms with Crippen LogP contribution < -0.4 is 0 Å². The molecule has 1 aliphatic carbocycles. The SMILES string of the molecule is C=C1C=C(CC(C)C)C(F)=CC1. The van der Waals surface area contributed by atoms with Gasteiger partial charge in [-0.25, -0.2) is 4.39 Å². The van der Waals surface area contributed by atoms with Crippen molar-refractivity contribution in [3.63, 3.8) is 0 Å². The Kier molecular flexibility index (Phi) is 2.85. The number of halogens is 1. The molecule has 1 aliphatic rings. The second-order valence-electron chi connectivity index (χ2n) is 3.68. The van der Waals surface area contributed by atoms with Gasteiger partial charge in [0.05, 0.1) is 0 Å². The topological polar surface area (TPSA) is 0 Å². The van der Waals surface area contributed by atoms with E-state index in [4.69, 9.17) is 0 Å². The summed E-state index contributed by atoms with van der Waals surface area (Å²) < 4.78 is 13.1. The summed E-state index contributed by atoms with van der Waals surface area (Å²) in [6.45, 7) is 8.00. The fourth-order valence-electron chi connectivity index (χ4n) is 1.32. The van der Waals surface area contributed by atoms with E-state index in [9.17, 15) is 4.39 Å². The van der Waals surface area contributed by atoms with Gasteiger partial charge >= 0.3 is 0 Å². The second kappa shape index (κ2) is 3.70. The number of rotatable bonds is 2. The van der Waals surface area contributed by atoms with Crippen molar-refractivity contribution in [1.82, 2.24) is 0 Å². The molecule has 0 saturated carbocycles. The van der Waals surface area contributed by atoms with Crippen molar-refractivity contribution in [3.8, 4) is 0 Å². The molecule has 0 aromatic heterocycles. The van der Waals surface area contributed by atoms with Crippen molar-refractivity contribution in [3.05, 3.63) is 35.7 Å². The van der Waals surface area contributed by atoms with Gasteiger partial charge in [0.25, 0.3) is 0 Å². The van der Waals surface area contributed by atoms with Crippen LogP contribution in [0.25, 0.3) is 0 Å². The van der Waals surface area contributed by atoms with E-state index in [-0.39, 0.29) is 5.83 Å². The van der Waals surface area contributed by atoms with E-state index in [2.05, 4.69) is 20.4 Å². The van der Waals surface area contributed by atoms with Crippen LogP contribution in [-0.4, -0.2) is 0 Å². The lowest BCUT2D eigenvalue weighted by molar-refractivity contribution is 0.582. The smallest absolute Gasteiger partial charge is 0.122 e. The van der Waals surface area contributed by atoms with Crippen LogP contribution in [0.2, 0.25) is 0 Å². The van der Waals surface area contributed by atoms with Gasteiger partial charge < -0.3 is 0 Å². The first-order valence-corrected chi connectivity index (χ1v) is 4.34. The van der Waals surface area contributed by atoms with Crippen molar-refractivity contribution < 1.29 is 4.39 Å². The van der Waals surface area contributed by atoms with Crippen molar-refractivity contribution in [2.75, 3.05) is 0 Å². The summed E-state index contributed by atoms with van der Waals surface area (Å²) in [7, 11) is 0. The highest BCUT2D eigenvalue weighted by Gasteiger charge is 2.10. The first-order valence-electron chi connectivity index (χ1n) is 4.34. The Morgan fingerprint density at radius 2 is 2.25 bits per heavy atom. The molecule has 0 heterocycles. The van der Waals surface area contributed by atoms with Crippen LogP contribution in [0.3, 0.4) is 0 Å². The molecule has 1 heteroatoms. The fraction of sp³-hybridized carbons (Fsp3) is 0.455. The van der Waals surface area contributed by atoms with Gasteiger partial charge in [-0.1, -0.05) is 32.1 Å². The molecule has 0 aliphatic heterocycles. The number of hydrogen-bond acceptors (Lipinski definition) is 0. The lowest BCUT2D eigenvalue weighted by Crippen LogP contribution is -1.97. The van der Waals surface area contributed by atoms with Crippen LogP contribution in [0.15, 0.2) is 35.7 Å². The second-order valence-corrected chi connectivity index (χ2v) is 3.68. The summed E-state index contributed by atoms with van der Waals surface area (Å²) in [6, 6.07) is 0. The molecule has 66 valence electrons. The van der Waals surface area contributed by atoms with Crippen LogP contribution in [0.1, 0.15) is 26.7 Å². The predicted octanol–water partition coefficient (Wildman–Crippen LogP) is 3.77. The maximum atomic E-state index is 13.1. The Bertz CT molecular complexity index is 244. The highest BCUT2D eigenvalue weighted by atomic mass is 19.1. The molecule has 0 radical (unpaired) electrons. The third kappa shape index (κ3) is 2.33. The first-order chi connectivity index (χ1) is 5.59. The van der Waals surface area contributed by atoms with Crippen molar-refractivity contribution in [2.45, 2.75) is 26.7 Å². The van der Waals surface area contributed by atoms with E-state index < -0.39 is 0 Å². The highest BCUT2D eigenvalue weighted by molar-refractivity contribution is 5.38. The normalized spacial score (nSPS) is 17.8. The Morgan fingerprint density at radius 3 is 2.83 bits per heavy atom. The summed E-state index contributed by atoms with van der Waals surface area (Å²) in [5.41, 5.74) is 1.81. The summed E-state index contributed by atoms with van der Waals surface area (Å²) in [5.74, 6) is 0.442. The Balaban J connectivity index is 2.72. The molecule has 0 unspecified atom stereocenters. The summed E-state index contributed by atoms with van der Waals surface area (Å²) in [4.78, 5) is 0. The van der Waals surface area contributed by atoms with Gasteiger partial charge in [-0.2, -0.15) is 0 Å². The average molecular weight is 166 g/mol. The molecule has 0 bridgehead atoms. The Labute approximate surface area is 73.5 Å². The Morgan fingerprint density at radius 1 is 1.58 bits per heavy atom. The Hall–Kier alpha value is -0.850. The zero-order valence-electron chi connectivity index (χ0n) is 7.73. The fourth-order valence-corrected chi connectivity index (χ4v) is 1.32. The third-order valence-electron chi connectivity index (χ3n) is 1.86. The molecule has 0 amide bonds. The third-order valence-corrected chi connectivity index (χ3v) is 1.86. The molecule has 0 saturated heterocycles. The van der Waals surface area contributed by atoms with E-state index in [0.717, 1.165) is 17.6 Å². The van der Waals surface area contributed by atoms with E-state index in [1.807, 2.05) is 6.08 Å². The molecule has 0 aromatic rings. The lowest BCUT2D eigenvalue weighted by Gasteiger charge is -2.12. The van der Waals surface area contributed by atoms with Gasteiger partial charge in [0.15, 0.2) is 0 Å². The highest BCUT2D eigenvalue weighted by Crippen LogP contribution is 2.27. The largest absolute Gasteiger partial charge is 0.207 e. The summed E-state index contributed by atoms with van der Waals surface area (Å²) in [6.07, 6.45) is 4.95. The van der Waals surface area contributed by atoms with Crippen LogP contribution in [0.4, 0.5) is 4.39 Å². The van der Waals surface area contributed by atoms with Gasteiger partial charge in [0, 0.05) is 0 Å². The molecule has 12 heavy (non-hydrogen) atoms. The van der Waals surface area contributed by atoms with E-state index in [0.29, 0.717) is 12.3 Å². The monoisotopic (exact) mass is 166 g/mol. The van der Waals surface area contributed by atoms with Gasteiger partial charge in [0.2, 0.25) is 0 Å². The molecule has 1 rings (SSSR count). The van der Waals surface area contributed by atoms with Crippen LogP contribution in [0.5, 0.6) is 0 Å². The van der Waals surface area contributed by atoms with Crippen LogP contribution >= 0.6 is 0 Å². The molecule has 0 N–H and O–H groups in total. The standard InChI is InChI=1S/C11H15F/c1-8(2)6-10-7-9(3)4-5-11(10)12/h5,7-8H,3-4,6H2,1-2H3. The van der Waals surface area contributed by atoms with Gasteiger partial charge in [0.1, 0.15) is 5.83 Å². The molecule has 0 atom stereocenters. The summed E-state index contributed by atoms with van der Waals surface area (Å²) >= 11 is 0. The minimum atomic E-state index is -0.0592. The van der Waals surface area contributed by atoms with E-state index >= 15 is 0 Å². The quantitative estimate of drug-likeness (QED) is 0.585. The minimum absolute atomic E-state index is 0.0592. The number of hydrogen-bond donors (Lipinski definition) is 0. The molecular formula is C11H15F. The zero-order chi connectivity index (χ0) is 9.14. The molecular weight excluding hydrogens is 151 g/mol. The van der Waals surface area contributed by atoms with Gasteiger partial charge in [-0.05, 0) is 30.4 Å². The van der Waals surface area contributed by atoms with Gasteiger partial charge in [-0.15, -0.1) is 0 Å². The molecule has 0 fully saturated rings. The summed E-state index contributed by atoms with van der Waals surface area (Å²) in [5, 5.41) is 0. The van der Waals surface area contributed by atoms with Crippen molar-refractivity contribution in [1.29, 1.82) is 0 Å². The van der Waals surface area contributed by atoms with Gasteiger partial charge in [-0.3, -0.25) is 0 Å². The average Bonchev–Trinajstić information content (AvgIpc) is 1.96. The van der Waals surface area contributed by atoms with Crippen LogP contribution in [0, 0.1) is 5.92 Å². The van der Waals surface area contributed by atoms with E-state index in [1.165, 1.54) is 0 Å². The maximum Gasteiger partial charge on any atom is 0.122 e. The lowest BCUT2D eigenvalue weighted by atomic mass is 9.95. The zero-order valence-corrected chi connectivity index (χ0v) is 7.73.